The molecule has 76 valence electrons. The average Bonchev–Trinajstić information content (AvgIpc) is 2.56. The van der Waals surface area contributed by atoms with Crippen molar-refractivity contribution in [2.75, 3.05) is 13.1 Å². The summed E-state index contributed by atoms with van der Waals surface area (Å²) in [6.45, 7) is 2.50. The van der Waals surface area contributed by atoms with E-state index in [1.807, 2.05) is 6.07 Å². The molecule has 3 nitrogen and oxygen atoms in total. The minimum Gasteiger partial charge on any atom is -0.392 e. The Morgan fingerprint density at radius 1 is 1.64 bits per heavy atom. The SMILES string of the molecule is O[C@@H]1CCN(Cc2ccncc2Cl)C1. The molecule has 1 fully saturated rings. The molecule has 2 heterocycles. The minimum atomic E-state index is -0.171. The standard InChI is InChI=1S/C10H13ClN2O/c11-10-5-12-3-1-8(10)6-13-4-2-9(14)7-13/h1,3,5,9,14H,2,4,6-7H2/t9-/m1/s1. The van der Waals surface area contributed by atoms with E-state index in [2.05, 4.69) is 9.88 Å². The van der Waals surface area contributed by atoms with Gasteiger partial charge in [0.1, 0.15) is 0 Å². The lowest BCUT2D eigenvalue weighted by molar-refractivity contribution is 0.175. The third-order valence-electron chi connectivity index (χ3n) is 2.50. The molecule has 4 heteroatoms. The maximum Gasteiger partial charge on any atom is 0.0679 e. The highest BCUT2D eigenvalue weighted by molar-refractivity contribution is 6.31. The van der Waals surface area contributed by atoms with E-state index < -0.39 is 0 Å². The summed E-state index contributed by atoms with van der Waals surface area (Å²) in [5.74, 6) is 0. The summed E-state index contributed by atoms with van der Waals surface area (Å²) < 4.78 is 0. The van der Waals surface area contributed by atoms with Crippen molar-refractivity contribution >= 4 is 11.6 Å². The Balaban J connectivity index is 2.01. The Morgan fingerprint density at radius 3 is 3.14 bits per heavy atom. The van der Waals surface area contributed by atoms with Crippen molar-refractivity contribution in [3.05, 3.63) is 29.0 Å². The van der Waals surface area contributed by atoms with Crippen molar-refractivity contribution in [2.45, 2.75) is 19.1 Å². The summed E-state index contributed by atoms with van der Waals surface area (Å²) in [4.78, 5) is 6.13. The monoisotopic (exact) mass is 212 g/mol. The van der Waals surface area contributed by atoms with Crippen LogP contribution in [0.4, 0.5) is 0 Å². The van der Waals surface area contributed by atoms with Crippen LogP contribution >= 0.6 is 11.6 Å². The first kappa shape index (κ1) is 9.90. The largest absolute Gasteiger partial charge is 0.392 e. The molecule has 0 unspecified atom stereocenters. The van der Waals surface area contributed by atoms with Gasteiger partial charge in [-0.15, -0.1) is 0 Å². The zero-order chi connectivity index (χ0) is 9.97. The Kier molecular flexibility index (Phi) is 3.01. The minimum absolute atomic E-state index is 0.171. The molecular weight excluding hydrogens is 200 g/mol. The molecule has 2 rings (SSSR count). The van der Waals surface area contributed by atoms with E-state index in [0.29, 0.717) is 5.02 Å². The lowest BCUT2D eigenvalue weighted by atomic mass is 10.2. The van der Waals surface area contributed by atoms with Crippen molar-refractivity contribution < 1.29 is 5.11 Å². The molecular formula is C10H13ClN2O. The molecule has 14 heavy (non-hydrogen) atoms. The van der Waals surface area contributed by atoms with Crippen molar-refractivity contribution in [3.8, 4) is 0 Å². The van der Waals surface area contributed by atoms with Crippen LogP contribution in [-0.4, -0.2) is 34.2 Å². The summed E-state index contributed by atoms with van der Waals surface area (Å²) in [6, 6.07) is 1.92. The summed E-state index contributed by atoms with van der Waals surface area (Å²) in [5.41, 5.74) is 1.08. The molecule has 0 aliphatic carbocycles. The number of pyridine rings is 1. The van der Waals surface area contributed by atoms with E-state index in [1.54, 1.807) is 12.4 Å². The molecule has 0 bridgehead atoms. The second-order valence-electron chi connectivity index (χ2n) is 3.64. The van der Waals surface area contributed by atoms with Crippen LogP contribution in [0.25, 0.3) is 0 Å². The number of likely N-dealkylation sites (tertiary alicyclic amines) is 1. The number of halogens is 1. The summed E-state index contributed by atoms with van der Waals surface area (Å²) in [5, 5.41) is 10.1. The number of aromatic nitrogens is 1. The molecule has 0 saturated carbocycles. The number of hydrogen-bond donors (Lipinski definition) is 1. The van der Waals surface area contributed by atoms with Crippen molar-refractivity contribution in [1.29, 1.82) is 0 Å². The number of aliphatic hydroxyl groups excluding tert-OH is 1. The summed E-state index contributed by atoms with van der Waals surface area (Å²) in [7, 11) is 0. The third-order valence-corrected chi connectivity index (χ3v) is 2.84. The van der Waals surface area contributed by atoms with Crippen LogP contribution in [0.5, 0.6) is 0 Å². The molecule has 0 spiro atoms. The van der Waals surface area contributed by atoms with Gasteiger partial charge < -0.3 is 5.11 Å². The Morgan fingerprint density at radius 2 is 2.50 bits per heavy atom. The Hall–Kier alpha value is -0.640. The molecule has 1 aromatic heterocycles. The normalized spacial score (nSPS) is 22.9. The number of β-amino-alcohol motifs (C(OH)–C–C–N with tert-alkyl or cyclic N) is 1. The van der Waals surface area contributed by atoms with E-state index in [-0.39, 0.29) is 6.10 Å². The number of rotatable bonds is 2. The predicted molar refractivity (Wildman–Crippen MR) is 55.1 cm³/mol. The second kappa shape index (κ2) is 4.26. The van der Waals surface area contributed by atoms with Crippen LogP contribution < -0.4 is 0 Å². The molecule has 1 atom stereocenters. The highest BCUT2D eigenvalue weighted by atomic mass is 35.5. The fourth-order valence-corrected chi connectivity index (χ4v) is 1.91. The number of aliphatic hydroxyl groups is 1. The van der Waals surface area contributed by atoms with Crippen LogP contribution in [0.3, 0.4) is 0 Å². The van der Waals surface area contributed by atoms with E-state index >= 15 is 0 Å². The molecule has 1 saturated heterocycles. The quantitative estimate of drug-likeness (QED) is 0.803. The third kappa shape index (κ3) is 2.23. The van der Waals surface area contributed by atoms with Gasteiger partial charge in [-0.1, -0.05) is 11.6 Å². The van der Waals surface area contributed by atoms with Crippen LogP contribution in [0.2, 0.25) is 5.02 Å². The van der Waals surface area contributed by atoms with E-state index in [1.165, 1.54) is 0 Å². The molecule has 1 N–H and O–H groups in total. The van der Waals surface area contributed by atoms with Gasteiger partial charge in [-0.05, 0) is 18.1 Å². The zero-order valence-corrected chi connectivity index (χ0v) is 8.61. The highest BCUT2D eigenvalue weighted by Gasteiger charge is 2.20. The molecule has 1 aliphatic rings. The van der Waals surface area contributed by atoms with Crippen LogP contribution in [-0.2, 0) is 6.54 Å². The summed E-state index contributed by atoms with van der Waals surface area (Å²) >= 11 is 5.99. The average molecular weight is 213 g/mol. The molecule has 0 aromatic carbocycles. The van der Waals surface area contributed by atoms with Gasteiger partial charge in [0.2, 0.25) is 0 Å². The molecule has 0 amide bonds. The lowest BCUT2D eigenvalue weighted by Crippen LogP contribution is -2.21. The van der Waals surface area contributed by atoms with Crippen LogP contribution in [0.15, 0.2) is 18.5 Å². The van der Waals surface area contributed by atoms with Gasteiger partial charge in [0, 0.05) is 32.0 Å². The second-order valence-corrected chi connectivity index (χ2v) is 4.05. The first-order chi connectivity index (χ1) is 6.75. The number of hydrogen-bond acceptors (Lipinski definition) is 3. The fraction of sp³-hybridized carbons (Fsp3) is 0.500. The van der Waals surface area contributed by atoms with Gasteiger partial charge in [0.15, 0.2) is 0 Å². The van der Waals surface area contributed by atoms with E-state index in [0.717, 1.165) is 31.6 Å². The van der Waals surface area contributed by atoms with Gasteiger partial charge in [0.25, 0.3) is 0 Å². The first-order valence-corrected chi connectivity index (χ1v) is 5.12. The summed E-state index contributed by atoms with van der Waals surface area (Å²) in [6.07, 6.45) is 4.09. The number of nitrogens with zero attached hydrogens (tertiary/aromatic N) is 2. The van der Waals surface area contributed by atoms with Crippen molar-refractivity contribution in [1.82, 2.24) is 9.88 Å². The van der Waals surface area contributed by atoms with E-state index in [9.17, 15) is 5.11 Å². The topological polar surface area (TPSA) is 36.4 Å². The van der Waals surface area contributed by atoms with Gasteiger partial charge in [0.05, 0.1) is 11.1 Å². The first-order valence-electron chi connectivity index (χ1n) is 4.74. The maximum atomic E-state index is 9.36. The lowest BCUT2D eigenvalue weighted by Gasteiger charge is -2.15. The van der Waals surface area contributed by atoms with Gasteiger partial charge >= 0.3 is 0 Å². The zero-order valence-electron chi connectivity index (χ0n) is 7.86. The fourth-order valence-electron chi connectivity index (χ4n) is 1.73. The predicted octanol–water partition coefficient (Wildman–Crippen LogP) is 1.30. The van der Waals surface area contributed by atoms with Crippen LogP contribution in [0.1, 0.15) is 12.0 Å². The van der Waals surface area contributed by atoms with Crippen LogP contribution in [0, 0.1) is 0 Å². The smallest absolute Gasteiger partial charge is 0.0679 e. The van der Waals surface area contributed by atoms with Crippen molar-refractivity contribution in [2.24, 2.45) is 0 Å². The Labute approximate surface area is 88.3 Å². The highest BCUT2D eigenvalue weighted by Crippen LogP contribution is 2.18. The molecule has 1 aliphatic heterocycles. The Bertz CT molecular complexity index is 319. The van der Waals surface area contributed by atoms with Gasteiger partial charge in [-0.25, -0.2) is 0 Å². The molecule has 1 aromatic rings. The van der Waals surface area contributed by atoms with Gasteiger partial charge in [-0.3, -0.25) is 9.88 Å². The maximum absolute atomic E-state index is 9.36. The van der Waals surface area contributed by atoms with Gasteiger partial charge in [-0.2, -0.15) is 0 Å². The molecule has 0 radical (unpaired) electrons. The van der Waals surface area contributed by atoms with Crippen molar-refractivity contribution in [3.63, 3.8) is 0 Å². The van der Waals surface area contributed by atoms with E-state index in [4.69, 9.17) is 11.6 Å².